The first-order chi connectivity index (χ1) is 2.64. The molecular weight excluding hydrogens is 267 g/mol. The van der Waals surface area contributed by atoms with E-state index < -0.39 is 22.2 Å². The van der Waals surface area contributed by atoms with Crippen LogP contribution in [0.2, 0.25) is 0 Å². The van der Waals surface area contributed by atoms with Crippen molar-refractivity contribution in [2.24, 2.45) is 8.58 Å². The number of hydrogen-bond donors (Lipinski definition) is 3. The van der Waals surface area contributed by atoms with Gasteiger partial charge in [-0.25, -0.2) is 0 Å². The minimum absolute atomic E-state index is 1.03. The summed E-state index contributed by atoms with van der Waals surface area (Å²) < 4.78 is 8.51. The Morgan fingerprint density at radius 2 is 1.83 bits per heavy atom. The molecule has 0 rings (SSSR count). The average molecular weight is 272 g/mol. The summed E-state index contributed by atoms with van der Waals surface area (Å²) in [5, 5.41) is 7.81. The molecule has 4 nitrogen and oxygen atoms in total. The summed E-state index contributed by atoms with van der Waals surface area (Å²) in [6.07, 6.45) is 0. The van der Waals surface area contributed by atoms with Crippen LogP contribution in [0, 0.1) is 0 Å². The molecule has 0 aliphatic carbocycles. The molecule has 5 heteroatoms. The van der Waals surface area contributed by atoms with Gasteiger partial charge in [-0.2, -0.15) is 0 Å². The number of carbonyl (C=O) groups is 1. The summed E-state index contributed by atoms with van der Waals surface area (Å²) in [5.41, 5.74) is 0. The summed E-state index contributed by atoms with van der Waals surface area (Å²) in [6, 6.07) is 0. The molecule has 6 heavy (non-hydrogen) atoms. The standard InChI is InChI=1S/CHO2.2H2N.Pt/c2-1-3;;;/h(H,2,3);2*1H2;/q;2*-1;+2. The molecule has 0 amide bonds. The van der Waals surface area contributed by atoms with Gasteiger partial charge in [0, 0.05) is 0 Å². The van der Waals surface area contributed by atoms with Gasteiger partial charge in [-0.3, -0.25) is 0 Å². The van der Waals surface area contributed by atoms with E-state index in [1.165, 1.54) is 0 Å². The van der Waals surface area contributed by atoms with Gasteiger partial charge in [0.15, 0.2) is 0 Å². The molecular formula is CH5N2O2Pt. The van der Waals surface area contributed by atoms with Crippen molar-refractivity contribution in [3.63, 3.8) is 0 Å². The summed E-state index contributed by atoms with van der Waals surface area (Å²) >= 11 is -2.47. The van der Waals surface area contributed by atoms with Crippen LogP contribution in [-0.4, -0.2) is 9.47 Å². The fourth-order valence-electron chi connectivity index (χ4n) is 0. The third kappa shape index (κ3) is 2.32. The fraction of sp³-hybridized carbons (Fsp3) is 0. The van der Waals surface area contributed by atoms with Crippen molar-refractivity contribution in [2.45, 2.75) is 0 Å². The van der Waals surface area contributed by atoms with Crippen LogP contribution >= 0.6 is 0 Å². The van der Waals surface area contributed by atoms with E-state index in [1.807, 2.05) is 0 Å². The van der Waals surface area contributed by atoms with Crippen LogP contribution in [0.3, 0.4) is 0 Å². The SMILES string of the molecule is [NH2][Pt]([NH2])[C](=O)O. The molecule has 0 radical (unpaired) electrons. The van der Waals surface area contributed by atoms with Crippen molar-refractivity contribution in [1.82, 2.24) is 0 Å². The zero-order valence-electron chi connectivity index (χ0n) is 2.83. The van der Waals surface area contributed by atoms with Crippen molar-refractivity contribution in [3.8, 4) is 0 Å². The van der Waals surface area contributed by atoms with Gasteiger partial charge in [-0.15, -0.1) is 0 Å². The second-order valence-electron chi connectivity index (χ2n) is 0.515. The molecule has 0 aliphatic heterocycles. The van der Waals surface area contributed by atoms with E-state index in [-0.39, 0.29) is 0 Å². The monoisotopic (exact) mass is 272 g/mol. The molecule has 0 aromatic heterocycles. The molecule has 0 aromatic rings. The van der Waals surface area contributed by atoms with Gasteiger partial charge < -0.3 is 0 Å². The van der Waals surface area contributed by atoms with Crippen molar-refractivity contribution >= 4 is 4.36 Å². The predicted octanol–water partition coefficient (Wildman–Crippen LogP) is -0.970. The third-order valence-electron chi connectivity index (χ3n) is 0.156. The first kappa shape index (κ1) is 6.08. The molecule has 0 bridgehead atoms. The summed E-state index contributed by atoms with van der Waals surface area (Å²) in [6.45, 7) is 0. The van der Waals surface area contributed by atoms with Crippen LogP contribution in [0.4, 0.5) is 4.79 Å². The van der Waals surface area contributed by atoms with Gasteiger partial charge in [0.1, 0.15) is 0 Å². The number of nitrogens with two attached hydrogens (primary N) is 2. The van der Waals surface area contributed by atoms with E-state index in [4.69, 9.17) is 13.7 Å². The van der Waals surface area contributed by atoms with Crippen molar-refractivity contribution in [1.29, 1.82) is 0 Å². The van der Waals surface area contributed by atoms with Crippen LogP contribution < -0.4 is 8.58 Å². The van der Waals surface area contributed by atoms with Crippen molar-refractivity contribution < 1.29 is 27.7 Å². The third-order valence-corrected chi connectivity index (χ3v) is 1.28. The van der Waals surface area contributed by atoms with Gasteiger partial charge in [-0.1, -0.05) is 0 Å². The number of rotatable bonds is 1. The van der Waals surface area contributed by atoms with Gasteiger partial charge in [0.25, 0.3) is 0 Å². The van der Waals surface area contributed by atoms with Gasteiger partial charge in [-0.05, 0) is 0 Å². The Balaban J connectivity index is 3.26. The van der Waals surface area contributed by atoms with Crippen LogP contribution in [-0.2, 0) is 17.8 Å². The Labute approximate surface area is 41.3 Å². The van der Waals surface area contributed by atoms with Gasteiger partial charge >= 0.3 is 40.7 Å². The van der Waals surface area contributed by atoms with E-state index in [0.717, 1.165) is 0 Å². The Morgan fingerprint density at radius 3 is 1.83 bits per heavy atom. The number of carboxylic acid groups (broad SMARTS) is 1. The Kier molecular flexibility index (Phi) is 2.32. The normalized spacial score (nSPS) is 10.7. The predicted molar refractivity (Wildman–Crippen MR) is 16.4 cm³/mol. The molecule has 0 aliphatic rings. The molecule has 0 fully saturated rings. The van der Waals surface area contributed by atoms with Crippen LogP contribution in [0.25, 0.3) is 0 Å². The summed E-state index contributed by atoms with van der Waals surface area (Å²) in [5.74, 6) is 0. The second-order valence-corrected chi connectivity index (χ2v) is 3.56. The zero-order valence-corrected chi connectivity index (χ0v) is 5.10. The van der Waals surface area contributed by atoms with Crippen LogP contribution in [0.15, 0.2) is 0 Å². The fourth-order valence-corrected chi connectivity index (χ4v) is 0. The molecule has 0 aromatic carbocycles. The molecule has 0 saturated carbocycles. The van der Waals surface area contributed by atoms with E-state index in [1.54, 1.807) is 0 Å². The van der Waals surface area contributed by atoms with E-state index in [2.05, 4.69) is 0 Å². The molecule has 41 valence electrons. The van der Waals surface area contributed by atoms with E-state index >= 15 is 0 Å². The Bertz CT molecular complexity index is 62.6. The molecule has 0 saturated heterocycles. The molecule has 0 heterocycles. The van der Waals surface area contributed by atoms with Crippen LogP contribution in [0.1, 0.15) is 0 Å². The minimum atomic E-state index is -2.47. The molecule has 5 N–H and O–H groups in total. The first-order valence-electron chi connectivity index (χ1n) is 0.951. The maximum absolute atomic E-state index is 9.52. The second kappa shape index (κ2) is 2.29. The Morgan fingerprint density at radius 1 is 1.67 bits per heavy atom. The van der Waals surface area contributed by atoms with E-state index in [9.17, 15) is 4.79 Å². The summed E-state index contributed by atoms with van der Waals surface area (Å²) in [7, 11) is 0. The molecule has 0 spiro atoms. The Hall–Kier alpha value is 0.0783. The zero-order chi connectivity index (χ0) is 5.15. The number of hydrogen-bond acceptors (Lipinski definition) is 3. The summed E-state index contributed by atoms with van der Waals surface area (Å²) in [4.78, 5) is 9.52. The quantitative estimate of drug-likeness (QED) is 0.573. The van der Waals surface area contributed by atoms with Crippen molar-refractivity contribution in [2.75, 3.05) is 0 Å². The van der Waals surface area contributed by atoms with Gasteiger partial charge in [0.05, 0.1) is 0 Å². The molecule has 0 unspecified atom stereocenters. The average Bonchev–Trinajstić information content (AvgIpc) is 1.36. The van der Waals surface area contributed by atoms with Crippen molar-refractivity contribution in [3.05, 3.63) is 0 Å². The topological polar surface area (TPSA) is 89.3 Å². The molecule has 0 atom stereocenters. The maximum atomic E-state index is 9.52. The van der Waals surface area contributed by atoms with E-state index in [0.29, 0.717) is 0 Å². The first-order valence-corrected chi connectivity index (χ1v) is 4.71. The van der Waals surface area contributed by atoms with Crippen LogP contribution in [0.5, 0.6) is 0 Å². The van der Waals surface area contributed by atoms with Gasteiger partial charge in [0.2, 0.25) is 0 Å².